The molecule has 3 rings (SSSR count). The molecule has 1 N–H and O–H groups in total. The summed E-state index contributed by atoms with van der Waals surface area (Å²) in [6.45, 7) is 1.63. The second-order valence-corrected chi connectivity index (χ2v) is 8.79. The molecule has 1 saturated heterocycles. The van der Waals surface area contributed by atoms with Crippen LogP contribution in [0.3, 0.4) is 0 Å². The van der Waals surface area contributed by atoms with Crippen LogP contribution in [-0.2, 0) is 9.59 Å². The van der Waals surface area contributed by atoms with Gasteiger partial charge in [-0.05, 0) is 31.9 Å². The Morgan fingerprint density at radius 2 is 1.62 bits per heavy atom. The number of carbonyl (C=O) groups is 2. The van der Waals surface area contributed by atoms with Crippen molar-refractivity contribution >= 4 is 35.2 Å². The molecule has 12 heteroatoms. The molecule has 1 aliphatic rings. The number of hydrogen-bond donors (Lipinski definition) is 1. The molecule has 2 atom stereocenters. The normalized spacial score (nSPS) is 17.0. The van der Waals surface area contributed by atoms with Gasteiger partial charge in [0.05, 0.1) is 15.8 Å². The summed E-state index contributed by atoms with van der Waals surface area (Å²) in [6.07, 6.45) is 0.766. The van der Waals surface area contributed by atoms with Crippen molar-refractivity contribution in [2.45, 2.75) is 36.0 Å². The van der Waals surface area contributed by atoms with Crippen LogP contribution in [0.1, 0.15) is 19.8 Å². The molecule has 2 aromatic carbocycles. The van der Waals surface area contributed by atoms with Crippen LogP contribution >= 0.6 is 23.4 Å². The van der Waals surface area contributed by atoms with Gasteiger partial charge in [-0.15, -0.1) is 11.8 Å². The highest BCUT2D eigenvalue weighted by Gasteiger charge is 2.36. The molecule has 0 radical (unpaired) electrons. The molecule has 0 spiro atoms. The lowest BCUT2D eigenvalue weighted by atomic mass is 10.0. The molecule has 0 aromatic heterocycles. The van der Waals surface area contributed by atoms with Gasteiger partial charge >= 0.3 is 5.97 Å². The van der Waals surface area contributed by atoms with Crippen molar-refractivity contribution in [1.82, 2.24) is 4.90 Å². The lowest BCUT2D eigenvalue weighted by Gasteiger charge is -2.25. The van der Waals surface area contributed by atoms with E-state index in [1.165, 1.54) is 11.8 Å². The second kappa shape index (κ2) is 9.22. The van der Waals surface area contributed by atoms with Gasteiger partial charge in [0.25, 0.3) is 0 Å². The van der Waals surface area contributed by atoms with Crippen LogP contribution < -0.4 is 0 Å². The van der Waals surface area contributed by atoms with Gasteiger partial charge in [-0.1, -0.05) is 11.6 Å². The number of benzene rings is 2. The quantitative estimate of drug-likeness (QED) is 0.260. The minimum absolute atomic E-state index is 0.0704. The van der Waals surface area contributed by atoms with Crippen molar-refractivity contribution in [2.75, 3.05) is 6.54 Å². The fourth-order valence-corrected chi connectivity index (χ4v) is 4.67. The van der Waals surface area contributed by atoms with Gasteiger partial charge in [0.1, 0.15) is 11.9 Å². The topological polar surface area (TPSA) is 57.6 Å². The first-order chi connectivity index (χ1) is 15.0. The number of carboxylic acids is 1. The number of aliphatic carboxylic acids is 1. The van der Waals surface area contributed by atoms with E-state index in [0.29, 0.717) is 12.5 Å². The van der Waals surface area contributed by atoms with Crippen LogP contribution in [0.25, 0.3) is 11.1 Å². The number of halogens is 7. The van der Waals surface area contributed by atoms with Crippen molar-refractivity contribution in [3.8, 4) is 11.1 Å². The van der Waals surface area contributed by atoms with E-state index in [1.54, 1.807) is 0 Å². The van der Waals surface area contributed by atoms with Crippen LogP contribution in [0.15, 0.2) is 17.0 Å². The Hall–Kier alpha value is -2.40. The maximum absolute atomic E-state index is 14.4. The standard InChI is InChI=1S/C20H14ClF6NO3S/c1-7(19(29)28-4-2-3-11(28)20(30)31)32-12-5-8(10(22)6-9(12)21)13-14(23)16(25)18(27)17(26)15(13)24/h5-7,11H,2-4H2,1H3,(H,30,31)/t7?,11-/m0/s1. The summed E-state index contributed by atoms with van der Waals surface area (Å²) in [5, 5.41) is 8.02. The number of likely N-dealkylation sites (tertiary alicyclic amines) is 1. The van der Waals surface area contributed by atoms with Gasteiger partial charge in [0, 0.05) is 17.0 Å². The van der Waals surface area contributed by atoms with Crippen LogP contribution in [0.4, 0.5) is 26.3 Å². The van der Waals surface area contributed by atoms with Crippen LogP contribution in [0.5, 0.6) is 0 Å². The van der Waals surface area contributed by atoms with Crippen LogP contribution in [0, 0.1) is 34.9 Å². The Labute approximate surface area is 187 Å². The van der Waals surface area contributed by atoms with Gasteiger partial charge in [0.15, 0.2) is 23.3 Å². The van der Waals surface area contributed by atoms with E-state index in [1.807, 2.05) is 0 Å². The fourth-order valence-electron chi connectivity index (χ4n) is 3.41. The third-order valence-electron chi connectivity index (χ3n) is 4.97. The van der Waals surface area contributed by atoms with Crippen molar-refractivity contribution in [3.63, 3.8) is 0 Å². The molecule has 1 fully saturated rings. The number of thioether (sulfide) groups is 1. The number of carbonyl (C=O) groups excluding carboxylic acids is 1. The zero-order chi connectivity index (χ0) is 23.9. The van der Waals surface area contributed by atoms with E-state index < -0.39 is 69.2 Å². The Morgan fingerprint density at radius 3 is 2.19 bits per heavy atom. The third kappa shape index (κ3) is 4.27. The fraction of sp³-hybridized carbons (Fsp3) is 0.300. The molecule has 0 bridgehead atoms. The molecule has 32 heavy (non-hydrogen) atoms. The first-order valence-electron chi connectivity index (χ1n) is 9.16. The highest BCUT2D eigenvalue weighted by molar-refractivity contribution is 8.00. The monoisotopic (exact) mass is 497 g/mol. The third-order valence-corrected chi connectivity index (χ3v) is 6.54. The summed E-state index contributed by atoms with van der Waals surface area (Å²) in [6, 6.07) is 0.408. The molecule has 172 valence electrons. The summed E-state index contributed by atoms with van der Waals surface area (Å²) < 4.78 is 83.2. The molecular formula is C20H14ClF6NO3S. The van der Waals surface area contributed by atoms with Crippen molar-refractivity contribution in [1.29, 1.82) is 0 Å². The average molecular weight is 498 g/mol. The number of hydrogen-bond acceptors (Lipinski definition) is 3. The zero-order valence-electron chi connectivity index (χ0n) is 16.2. The molecule has 2 aromatic rings. The largest absolute Gasteiger partial charge is 0.480 e. The smallest absolute Gasteiger partial charge is 0.326 e. The minimum Gasteiger partial charge on any atom is -0.480 e. The van der Waals surface area contributed by atoms with E-state index in [-0.39, 0.29) is 22.9 Å². The molecule has 1 aliphatic heterocycles. The molecule has 0 saturated carbocycles. The van der Waals surface area contributed by atoms with Crippen molar-refractivity contribution < 1.29 is 41.0 Å². The van der Waals surface area contributed by atoms with E-state index in [9.17, 15) is 41.0 Å². The van der Waals surface area contributed by atoms with Gasteiger partial charge in [0.2, 0.25) is 11.7 Å². The zero-order valence-corrected chi connectivity index (χ0v) is 17.8. The molecule has 1 amide bonds. The van der Waals surface area contributed by atoms with Gasteiger partial charge in [-0.25, -0.2) is 31.1 Å². The lowest BCUT2D eigenvalue weighted by Crippen LogP contribution is -2.43. The second-order valence-electron chi connectivity index (χ2n) is 7.00. The maximum Gasteiger partial charge on any atom is 0.326 e. The Balaban J connectivity index is 1.99. The lowest BCUT2D eigenvalue weighted by molar-refractivity contribution is -0.147. The van der Waals surface area contributed by atoms with E-state index in [0.717, 1.165) is 17.8 Å². The van der Waals surface area contributed by atoms with Crippen LogP contribution in [0.2, 0.25) is 5.02 Å². The molecule has 1 heterocycles. The van der Waals surface area contributed by atoms with Crippen molar-refractivity contribution in [2.24, 2.45) is 0 Å². The average Bonchev–Trinajstić information content (AvgIpc) is 3.23. The van der Waals surface area contributed by atoms with E-state index >= 15 is 0 Å². The summed E-state index contributed by atoms with van der Waals surface area (Å²) in [5.74, 6) is -14.4. The SMILES string of the molecule is CC(Sc1cc(-c2c(F)c(F)c(F)c(F)c2F)c(F)cc1Cl)C(=O)N1CCC[C@H]1C(=O)O. The summed E-state index contributed by atoms with van der Waals surface area (Å²) >= 11 is 6.70. The predicted octanol–water partition coefficient (Wildman–Crippen LogP) is 5.40. The molecule has 4 nitrogen and oxygen atoms in total. The number of nitrogens with zero attached hydrogens (tertiary/aromatic N) is 1. The Bertz CT molecular complexity index is 1090. The molecule has 1 unspecified atom stereocenters. The number of rotatable bonds is 5. The molecule has 0 aliphatic carbocycles. The Morgan fingerprint density at radius 1 is 1.06 bits per heavy atom. The highest BCUT2D eigenvalue weighted by Crippen LogP contribution is 2.39. The number of carboxylic acid groups (broad SMARTS) is 1. The van der Waals surface area contributed by atoms with E-state index in [4.69, 9.17) is 11.6 Å². The summed E-state index contributed by atoms with van der Waals surface area (Å²) in [7, 11) is 0. The molecular weight excluding hydrogens is 484 g/mol. The van der Waals surface area contributed by atoms with Crippen LogP contribution in [-0.4, -0.2) is 39.7 Å². The first kappa shape index (κ1) is 24.2. The van der Waals surface area contributed by atoms with Gasteiger partial charge in [-0.2, -0.15) is 0 Å². The maximum atomic E-state index is 14.4. The highest BCUT2D eigenvalue weighted by atomic mass is 35.5. The summed E-state index contributed by atoms with van der Waals surface area (Å²) in [4.78, 5) is 25.1. The first-order valence-corrected chi connectivity index (χ1v) is 10.4. The Kier molecular flexibility index (Phi) is 6.99. The minimum atomic E-state index is -2.38. The van der Waals surface area contributed by atoms with Crippen molar-refractivity contribution in [3.05, 3.63) is 52.1 Å². The number of amides is 1. The summed E-state index contributed by atoms with van der Waals surface area (Å²) in [5.41, 5.74) is -2.41. The van der Waals surface area contributed by atoms with Gasteiger partial charge in [-0.3, -0.25) is 4.79 Å². The van der Waals surface area contributed by atoms with E-state index in [2.05, 4.69) is 0 Å². The van der Waals surface area contributed by atoms with Gasteiger partial charge < -0.3 is 10.0 Å². The predicted molar refractivity (Wildman–Crippen MR) is 104 cm³/mol.